The number of nitrogens with zero attached hydrogens (tertiary/aromatic N) is 1. The molecule has 0 spiro atoms. The highest BCUT2D eigenvalue weighted by atomic mass is 19.4. The Morgan fingerprint density at radius 2 is 1.95 bits per heavy atom. The minimum atomic E-state index is -4.53. The van der Waals surface area contributed by atoms with E-state index in [9.17, 15) is 22.8 Å². The average molecular weight is 298 g/mol. The Balaban J connectivity index is 1.82. The molecule has 0 radical (unpaired) electrons. The number of carbonyl (C=O) groups excluding carboxylic acids is 2. The molecule has 1 aromatic rings. The van der Waals surface area contributed by atoms with E-state index in [2.05, 4.69) is 5.32 Å². The molecule has 1 heterocycles. The number of benzene rings is 1. The molecular weight excluding hydrogens is 285 g/mol. The van der Waals surface area contributed by atoms with Gasteiger partial charge in [0, 0.05) is 19.1 Å². The number of Topliss-reactive ketones (excluding diaryl/α,β-unsaturated/α-hetero) is 1. The number of hydrogen-bond acceptors (Lipinski definition) is 3. The third kappa shape index (κ3) is 2.65. The fourth-order valence-electron chi connectivity index (χ4n) is 2.37. The summed E-state index contributed by atoms with van der Waals surface area (Å²) in [6.07, 6.45) is -2.34. The first kappa shape index (κ1) is 14.1. The van der Waals surface area contributed by atoms with Crippen molar-refractivity contribution in [3.63, 3.8) is 0 Å². The van der Waals surface area contributed by atoms with Crippen molar-refractivity contribution in [3.8, 4) is 0 Å². The molecule has 1 aliphatic heterocycles. The van der Waals surface area contributed by atoms with Gasteiger partial charge in [-0.2, -0.15) is 13.2 Å². The lowest BCUT2D eigenvalue weighted by atomic mass is 10.1. The van der Waals surface area contributed by atoms with Crippen molar-refractivity contribution in [3.05, 3.63) is 29.3 Å². The SMILES string of the molecule is O=C1C(=O)N(CCNC2CC2)c2ccc(C(F)(F)F)cc21. The number of amides is 1. The Hall–Kier alpha value is -1.89. The Morgan fingerprint density at radius 3 is 2.57 bits per heavy atom. The largest absolute Gasteiger partial charge is 0.416 e. The van der Waals surface area contributed by atoms with E-state index in [1.54, 1.807) is 0 Å². The van der Waals surface area contributed by atoms with Gasteiger partial charge in [0.15, 0.2) is 0 Å². The molecule has 1 aliphatic carbocycles. The molecule has 1 saturated carbocycles. The van der Waals surface area contributed by atoms with Crippen LogP contribution in [0, 0.1) is 0 Å². The van der Waals surface area contributed by atoms with E-state index in [0.29, 0.717) is 12.6 Å². The normalized spacial score (nSPS) is 18.3. The van der Waals surface area contributed by atoms with Gasteiger partial charge >= 0.3 is 6.18 Å². The van der Waals surface area contributed by atoms with E-state index in [0.717, 1.165) is 25.0 Å². The second-order valence-electron chi connectivity index (χ2n) is 5.24. The van der Waals surface area contributed by atoms with Gasteiger partial charge in [0.05, 0.1) is 16.8 Å². The van der Waals surface area contributed by atoms with Gasteiger partial charge in [-0.3, -0.25) is 9.59 Å². The highest BCUT2D eigenvalue weighted by Crippen LogP contribution is 2.35. The van der Waals surface area contributed by atoms with Crippen LogP contribution in [0.3, 0.4) is 0 Å². The number of anilines is 1. The summed E-state index contributed by atoms with van der Waals surface area (Å²) in [6.45, 7) is 0.795. The zero-order valence-corrected chi connectivity index (χ0v) is 11.0. The van der Waals surface area contributed by atoms with Crippen molar-refractivity contribution in [2.24, 2.45) is 0 Å². The molecule has 1 aromatic carbocycles. The Labute approximate surface area is 118 Å². The molecule has 2 aliphatic rings. The van der Waals surface area contributed by atoms with Crippen LogP contribution in [0.5, 0.6) is 0 Å². The van der Waals surface area contributed by atoms with E-state index < -0.39 is 23.4 Å². The minimum absolute atomic E-state index is 0.166. The van der Waals surface area contributed by atoms with Gasteiger partial charge in [-0.1, -0.05) is 0 Å². The first-order valence-electron chi connectivity index (χ1n) is 6.69. The Kier molecular flexibility index (Phi) is 3.24. The van der Waals surface area contributed by atoms with E-state index in [1.807, 2.05) is 0 Å². The predicted octanol–water partition coefficient (Wildman–Crippen LogP) is 1.99. The number of halogens is 3. The van der Waals surface area contributed by atoms with Crippen molar-refractivity contribution in [1.82, 2.24) is 5.32 Å². The van der Waals surface area contributed by atoms with Crippen molar-refractivity contribution < 1.29 is 22.8 Å². The van der Waals surface area contributed by atoms with E-state index in [1.165, 1.54) is 11.0 Å². The summed E-state index contributed by atoms with van der Waals surface area (Å²) in [7, 11) is 0. The van der Waals surface area contributed by atoms with Crippen molar-refractivity contribution in [2.75, 3.05) is 18.0 Å². The average Bonchev–Trinajstić information content (AvgIpc) is 3.21. The standard InChI is InChI=1S/C14H13F3N2O2/c15-14(16,17)8-1-4-11-10(7-8)12(20)13(21)19(11)6-5-18-9-2-3-9/h1,4,7,9,18H,2-3,5-6H2. The molecule has 0 atom stereocenters. The number of fused-ring (bicyclic) bond motifs is 1. The summed E-state index contributed by atoms with van der Waals surface area (Å²) >= 11 is 0. The topological polar surface area (TPSA) is 49.4 Å². The zero-order valence-electron chi connectivity index (χ0n) is 11.0. The van der Waals surface area contributed by atoms with Crippen LogP contribution in [0.1, 0.15) is 28.8 Å². The van der Waals surface area contributed by atoms with Gasteiger partial charge < -0.3 is 10.2 Å². The fourth-order valence-corrected chi connectivity index (χ4v) is 2.37. The van der Waals surface area contributed by atoms with Crippen molar-refractivity contribution in [2.45, 2.75) is 25.1 Å². The van der Waals surface area contributed by atoms with Gasteiger partial charge in [0.2, 0.25) is 0 Å². The third-order valence-corrected chi connectivity index (χ3v) is 3.64. The summed E-state index contributed by atoms with van der Waals surface area (Å²) in [5.74, 6) is -1.63. The first-order chi connectivity index (χ1) is 9.88. The van der Waals surface area contributed by atoms with E-state index in [4.69, 9.17) is 0 Å². The number of hydrogen-bond donors (Lipinski definition) is 1. The van der Waals surface area contributed by atoms with Crippen molar-refractivity contribution >= 4 is 17.4 Å². The molecule has 0 saturated heterocycles. The second kappa shape index (κ2) is 4.84. The number of carbonyl (C=O) groups is 2. The van der Waals surface area contributed by atoms with Crippen LogP contribution < -0.4 is 10.2 Å². The molecule has 7 heteroatoms. The highest BCUT2D eigenvalue weighted by molar-refractivity contribution is 6.52. The maximum atomic E-state index is 12.7. The third-order valence-electron chi connectivity index (χ3n) is 3.64. The van der Waals surface area contributed by atoms with Gasteiger partial charge in [0.25, 0.3) is 11.7 Å². The van der Waals surface area contributed by atoms with Crippen LogP contribution in [0.15, 0.2) is 18.2 Å². The Bertz CT molecular complexity index is 609. The van der Waals surface area contributed by atoms with Gasteiger partial charge in [0.1, 0.15) is 0 Å². The molecule has 0 unspecified atom stereocenters. The number of rotatable bonds is 4. The zero-order chi connectivity index (χ0) is 15.2. The fraction of sp³-hybridized carbons (Fsp3) is 0.429. The lowest BCUT2D eigenvalue weighted by molar-refractivity contribution is -0.137. The molecule has 0 bridgehead atoms. The summed E-state index contributed by atoms with van der Waals surface area (Å²) in [6, 6.07) is 3.30. The molecule has 1 amide bonds. The van der Waals surface area contributed by atoms with Gasteiger partial charge in [-0.05, 0) is 31.0 Å². The maximum absolute atomic E-state index is 12.7. The summed E-state index contributed by atoms with van der Waals surface area (Å²) < 4.78 is 38.0. The highest BCUT2D eigenvalue weighted by Gasteiger charge is 2.39. The quantitative estimate of drug-likeness (QED) is 0.865. The monoisotopic (exact) mass is 298 g/mol. The number of alkyl halides is 3. The molecule has 1 fully saturated rings. The van der Waals surface area contributed by atoms with E-state index in [-0.39, 0.29) is 17.8 Å². The molecule has 3 rings (SSSR count). The Morgan fingerprint density at radius 1 is 1.24 bits per heavy atom. The van der Waals surface area contributed by atoms with Crippen LogP contribution in [0.25, 0.3) is 0 Å². The number of nitrogens with one attached hydrogen (secondary N) is 1. The number of ketones is 1. The molecule has 4 nitrogen and oxygen atoms in total. The van der Waals surface area contributed by atoms with Crippen LogP contribution >= 0.6 is 0 Å². The van der Waals surface area contributed by atoms with Crippen LogP contribution in [0.4, 0.5) is 18.9 Å². The van der Waals surface area contributed by atoms with Gasteiger partial charge in [-0.25, -0.2) is 0 Å². The summed E-state index contributed by atoms with van der Waals surface area (Å²) in [5, 5.41) is 3.20. The summed E-state index contributed by atoms with van der Waals surface area (Å²) in [5.41, 5.74) is -0.822. The lowest BCUT2D eigenvalue weighted by Gasteiger charge is -2.17. The molecular formula is C14H13F3N2O2. The summed E-state index contributed by atoms with van der Waals surface area (Å²) in [4.78, 5) is 24.9. The first-order valence-corrected chi connectivity index (χ1v) is 6.69. The predicted molar refractivity (Wildman–Crippen MR) is 69.2 cm³/mol. The molecule has 21 heavy (non-hydrogen) atoms. The smallest absolute Gasteiger partial charge is 0.312 e. The maximum Gasteiger partial charge on any atom is 0.416 e. The van der Waals surface area contributed by atoms with Crippen LogP contribution in [0.2, 0.25) is 0 Å². The van der Waals surface area contributed by atoms with Gasteiger partial charge in [-0.15, -0.1) is 0 Å². The van der Waals surface area contributed by atoms with Crippen LogP contribution in [-0.4, -0.2) is 30.8 Å². The molecule has 0 aromatic heterocycles. The van der Waals surface area contributed by atoms with Crippen molar-refractivity contribution in [1.29, 1.82) is 0 Å². The molecule has 112 valence electrons. The lowest BCUT2D eigenvalue weighted by Crippen LogP contribution is -2.36. The minimum Gasteiger partial charge on any atom is -0.312 e. The van der Waals surface area contributed by atoms with E-state index >= 15 is 0 Å². The van der Waals surface area contributed by atoms with Crippen LogP contribution in [-0.2, 0) is 11.0 Å². The second-order valence-corrected chi connectivity index (χ2v) is 5.24. The molecule has 1 N–H and O–H groups in total.